The smallest absolute Gasteiger partial charge is 0.174 e. The highest BCUT2D eigenvalue weighted by molar-refractivity contribution is 6.33. The maximum Gasteiger partial charge on any atom is 0.174 e. The average molecular weight is 260 g/mol. The number of hydrogen-bond donors (Lipinski definition) is 1. The predicted molar refractivity (Wildman–Crippen MR) is 67.1 cm³/mol. The molecule has 1 aliphatic carbocycles. The van der Waals surface area contributed by atoms with Crippen molar-refractivity contribution in [1.29, 1.82) is 0 Å². The molecule has 1 saturated carbocycles. The van der Waals surface area contributed by atoms with Gasteiger partial charge in [-0.15, -0.1) is 10.2 Å². The highest BCUT2D eigenvalue weighted by atomic mass is 35.5. The lowest BCUT2D eigenvalue weighted by Gasteiger charge is -2.28. The Kier molecular flexibility index (Phi) is 3.27. The fraction of sp³-hybridized carbons (Fsp3) is 0.636. The van der Waals surface area contributed by atoms with Gasteiger partial charge in [0.15, 0.2) is 10.3 Å². The number of halogens is 2. The Labute approximate surface area is 106 Å². The van der Waals surface area contributed by atoms with E-state index in [9.17, 15) is 0 Å². The number of nitrogens with zero attached hydrogens (tertiary/aromatic N) is 2. The lowest BCUT2D eigenvalue weighted by molar-refractivity contribution is 0.350. The van der Waals surface area contributed by atoms with Crippen molar-refractivity contribution in [2.75, 3.05) is 5.32 Å². The molecule has 5 heteroatoms. The van der Waals surface area contributed by atoms with Crippen LogP contribution in [0.3, 0.4) is 0 Å². The molecule has 88 valence electrons. The van der Waals surface area contributed by atoms with Crippen LogP contribution in [0.15, 0.2) is 6.07 Å². The third-order valence-corrected chi connectivity index (χ3v) is 3.77. The van der Waals surface area contributed by atoms with Crippen LogP contribution in [0, 0.1) is 5.41 Å². The van der Waals surface area contributed by atoms with Gasteiger partial charge in [0.05, 0.1) is 5.69 Å². The van der Waals surface area contributed by atoms with Crippen molar-refractivity contribution < 1.29 is 0 Å². The fourth-order valence-electron chi connectivity index (χ4n) is 2.24. The zero-order chi connectivity index (χ0) is 11.8. The highest BCUT2D eigenvalue weighted by Gasteiger charge is 2.34. The summed E-state index contributed by atoms with van der Waals surface area (Å²) >= 11 is 11.8. The Balaban J connectivity index is 2.17. The second-order valence-corrected chi connectivity index (χ2v) is 5.69. The van der Waals surface area contributed by atoms with Gasteiger partial charge in [0.2, 0.25) is 0 Å². The molecule has 16 heavy (non-hydrogen) atoms. The zero-order valence-corrected chi connectivity index (χ0v) is 10.9. The molecule has 1 fully saturated rings. The van der Waals surface area contributed by atoms with E-state index in [1.807, 2.05) is 0 Å². The van der Waals surface area contributed by atoms with Crippen LogP contribution < -0.4 is 5.32 Å². The SMILES string of the molecule is CC1(C)CCCC1Nc1cc(Cl)nnc1Cl. The van der Waals surface area contributed by atoms with E-state index >= 15 is 0 Å². The summed E-state index contributed by atoms with van der Waals surface area (Å²) in [5, 5.41) is 11.6. The van der Waals surface area contributed by atoms with Crippen LogP contribution in [0.1, 0.15) is 33.1 Å². The molecule has 2 rings (SSSR count). The summed E-state index contributed by atoms with van der Waals surface area (Å²) < 4.78 is 0. The molecule has 0 spiro atoms. The molecular weight excluding hydrogens is 245 g/mol. The topological polar surface area (TPSA) is 37.8 Å². The number of nitrogens with one attached hydrogen (secondary N) is 1. The number of rotatable bonds is 2. The fourth-order valence-corrected chi connectivity index (χ4v) is 2.53. The minimum atomic E-state index is 0.291. The van der Waals surface area contributed by atoms with Crippen LogP contribution in [-0.4, -0.2) is 16.2 Å². The Morgan fingerprint density at radius 1 is 1.38 bits per heavy atom. The Hall–Kier alpha value is -0.540. The van der Waals surface area contributed by atoms with E-state index in [4.69, 9.17) is 23.2 Å². The van der Waals surface area contributed by atoms with Gasteiger partial charge >= 0.3 is 0 Å². The second kappa shape index (κ2) is 4.38. The minimum Gasteiger partial charge on any atom is -0.379 e. The Bertz CT molecular complexity index is 393. The van der Waals surface area contributed by atoms with E-state index in [1.165, 1.54) is 12.8 Å². The van der Waals surface area contributed by atoms with Crippen LogP contribution in [-0.2, 0) is 0 Å². The van der Waals surface area contributed by atoms with Crippen molar-refractivity contribution in [1.82, 2.24) is 10.2 Å². The third-order valence-electron chi connectivity index (χ3n) is 3.31. The van der Waals surface area contributed by atoms with E-state index in [-0.39, 0.29) is 0 Å². The van der Waals surface area contributed by atoms with E-state index < -0.39 is 0 Å². The van der Waals surface area contributed by atoms with Gasteiger partial charge in [0, 0.05) is 12.1 Å². The van der Waals surface area contributed by atoms with Gasteiger partial charge in [0.1, 0.15) is 0 Å². The second-order valence-electron chi connectivity index (χ2n) is 4.95. The first kappa shape index (κ1) is 11.9. The summed E-state index contributed by atoms with van der Waals surface area (Å²) in [6.07, 6.45) is 3.63. The third kappa shape index (κ3) is 2.41. The summed E-state index contributed by atoms with van der Waals surface area (Å²) in [6, 6.07) is 2.15. The molecule has 1 atom stereocenters. The lowest BCUT2D eigenvalue weighted by atomic mass is 9.87. The summed E-state index contributed by atoms with van der Waals surface area (Å²) in [6.45, 7) is 4.53. The first-order valence-electron chi connectivity index (χ1n) is 5.44. The Morgan fingerprint density at radius 3 is 2.75 bits per heavy atom. The van der Waals surface area contributed by atoms with Crippen molar-refractivity contribution in [3.05, 3.63) is 16.4 Å². The van der Waals surface area contributed by atoms with Crippen molar-refractivity contribution >= 4 is 28.9 Å². The van der Waals surface area contributed by atoms with E-state index in [2.05, 4.69) is 29.4 Å². The molecule has 0 saturated heterocycles. The molecule has 1 unspecified atom stereocenters. The summed E-state index contributed by atoms with van der Waals surface area (Å²) in [7, 11) is 0. The van der Waals surface area contributed by atoms with E-state index in [1.54, 1.807) is 6.07 Å². The molecule has 1 heterocycles. The Morgan fingerprint density at radius 2 is 2.12 bits per heavy atom. The van der Waals surface area contributed by atoms with Gasteiger partial charge in [0.25, 0.3) is 0 Å². The first-order valence-corrected chi connectivity index (χ1v) is 6.20. The van der Waals surface area contributed by atoms with Gasteiger partial charge in [-0.05, 0) is 18.3 Å². The molecule has 0 amide bonds. The highest BCUT2D eigenvalue weighted by Crippen LogP contribution is 2.39. The zero-order valence-electron chi connectivity index (χ0n) is 9.43. The van der Waals surface area contributed by atoms with Gasteiger partial charge in [-0.2, -0.15) is 0 Å². The molecule has 3 nitrogen and oxygen atoms in total. The van der Waals surface area contributed by atoms with Gasteiger partial charge in [-0.3, -0.25) is 0 Å². The monoisotopic (exact) mass is 259 g/mol. The largest absolute Gasteiger partial charge is 0.379 e. The average Bonchev–Trinajstić information content (AvgIpc) is 2.52. The number of aromatic nitrogens is 2. The minimum absolute atomic E-state index is 0.291. The summed E-state index contributed by atoms with van der Waals surface area (Å²) in [5.74, 6) is 0. The van der Waals surface area contributed by atoms with Crippen LogP contribution >= 0.6 is 23.2 Å². The summed E-state index contributed by atoms with van der Waals surface area (Å²) in [5.41, 5.74) is 1.07. The lowest BCUT2D eigenvalue weighted by Crippen LogP contribution is -2.31. The molecule has 0 bridgehead atoms. The predicted octanol–water partition coefficient (Wildman–Crippen LogP) is 3.77. The molecule has 0 aliphatic heterocycles. The van der Waals surface area contributed by atoms with E-state index in [0.29, 0.717) is 21.8 Å². The molecular formula is C11H15Cl2N3. The normalized spacial score (nSPS) is 23.4. The van der Waals surface area contributed by atoms with Crippen molar-refractivity contribution in [2.45, 2.75) is 39.2 Å². The molecule has 1 aromatic rings. The maximum absolute atomic E-state index is 5.97. The van der Waals surface area contributed by atoms with Crippen LogP contribution in [0.4, 0.5) is 5.69 Å². The van der Waals surface area contributed by atoms with Gasteiger partial charge in [-0.25, -0.2) is 0 Å². The standard InChI is InChI=1S/C11H15Cl2N3/c1-11(2)5-3-4-8(11)14-7-6-9(12)15-16-10(7)13/h6,8H,3-5H2,1-2H3,(H,14,15). The molecule has 0 radical (unpaired) electrons. The molecule has 1 aromatic heterocycles. The molecule has 1 aliphatic rings. The van der Waals surface area contributed by atoms with Crippen molar-refractivity contribution in [3.8, 4) is 0 Å². The van der Waals surface area contributed by atoms with Gasteiger partial charge in [-0.1, -0.05) is 43.5 Å². The van der Waals surface area contributed by atoms with Crippen LogP contribution in [0.5, 0.6) is 0 Å². The van der Waals surface area contributed by atoms with Crippen LogP contribution in [0.25, 0.3) is 0 Å². The van der Waals surface area contributed by atoms with Crippen LogP contribution in [0.2, 0.25) is 10.3 Å². The number of anilines is 1. The van der Waals surface area contributed by atoms with Crippen molar-refractivity contribution in [2.24, 2.45) is 5.41 Å². The molecule has 1 N–H and O–H groups in total. The maximum atomic E-state index is 5.97. The first-order chi connectivity index (χ1) is 7.49. The van der Waals surface area contributed by atoms with Crippen molar-refractivity contribution in [3.63, 3.8) is 0 Å². The summed E-state index contributed by atoms with van der Waals surface area (Å²) in [4.78, 5) is 0. The molecule has 0 aromatic carbocycles. The van der Waals surface area contributed by atoms with Gasteiger partial charge < -0.3 is 5.32 Å². The quantitative estimate of drug-likeness (QED) is 0.879. The van der Waals surface area contributed by atoms with E-state index in [0.717, 1.165) is 12.1 Å². The number of hydrogen-bond acceptors (Lipinski definition) is 3.